The molecule has 0 atom stereocenters. The van der Waals surface area contributed by atoms with Gasteiger partial charge in [-0.1, -0.05) is 29.8 Å². The molecule has 0 aliphatic heterocycles. The number of aromatic carboxylic acids is 1. The molecule has 0 saturated heterocycles. The molecule has 2 aromatic carbocycles. The summed E-state index contributed by atoms with van der Waals surface area (Å²) in [6.45, 7) is 0. The van der Waals surface area contributed by atoms with Gasteiger partial charge < -0.3 is 5.11 Å². The molecule has 2 nitrogen and oxygen atoms in total. The highest BCUT2D eigenvalue weighted by molar-refractivity contribution is 7.98. The van der Waals surface area contributed by atoms with E-state index < -0.39 is 5.97 Å². The van der Waals surface area contributed by atoms with Crippen LogP contribution >= 0.6 is 23.4 Å². The molecule has 2 aromatic rings. The maximum Gasteiger partial charge on any atom is 0.335 e. The van der Waals surface area contributed by atoms with Gasteiger partial charge in [0.25, 0.3) is 0 Å². The second-order valence-electron chi connectivity index (χ2n) is 3.75. The molecule has 0 unspecified atom stereocenters. The molecule has 18 heavy (non-hydrogen) atoms. The third-order valence-corrected chi connectivity index (χ3v) is 3.70. The summed E-state index contributed by atoms with van der Waals surface area (Å²) in [5, 5.41) is 9.52. The van der Waals surface area contributed by atoms with Crippen LogP contribution in [0.3, 0.4) is 0 Å². The van der Waals surface area contributed by atoms with Crippen LogP contribution in [0.1, 0.15) is 15.9 Å². The van der Waals surface area contributed by atoms with Crippen molar-refractivity contribution >= 4 is 29.3 Å². The fourth-order valence-corrected chi connectivity index (χ4v) is 2.63. The van der Waals surface area contributed by atoms with E-state index in [1.54, 1.807) is 23.9 Å². The Labute approximate surface area is 115 Å². The zero-order valence-corrected chi connectivity index (χ0v) is 11.0. The topological polar surface area (TPSA) is 37.3 Å². The van der Waals surface area contributed by atoms with Crippen molar-refractivity contribution in [3.8, 4) is 0 Å². The molecule has 0 aliphatic carbocycles. The van der Waals surface area contributed by atoms with Gasteiger partial charge >= 0.3 is 5.97 Å². The molecule has 2 rings (SSSR count). The molecule has 0 bridgehead atoms. The van der Waals surface area contributed by atoms with Gasteiger partial charge in [-0.3, -0.25) is 0 Å². The minimum Gasteiger partial charge on any atom is -0.478 e. The van der Waals surface area contributed by atoms with Crippen molar-refractivity contribution in [3.63, 3.8) is 0 Å². The largest absolute Gasteiger partial charge is 0.478 e. The van der Waals surface area contributed by atoms with E-state index >= 15 is 0 Å². The van der Waals surface area contributed by atoms with Crippen molar-refractivity contribution in [3.05, 3.63) is 64.7 Å². The van der Waals surface area contributed by atoms with Crippen LogP contribution in [-0.4, -0.2) is 11.1 Å². The summed E-state index contributed by atoms with van der Waals surface area (Å²) in [5.41, 5.74) is 1.40. The summed E-state index contributed by atoms with van der Waals surface area (Å²) in [6, 6.07) is 14.6. The fourth-order valence-electron chi connectivity index (χ4n) is 1.47. The zero-order chi connectivity index (χ0) is 13.0. The van der Waals surface area contributed by atoms with Gasteiger partial charge in [0.1, 0.15) is 0 Å². The van der Waals surface area contributed by atoms with Gasteiger partial charge in [-0.15, -0.1) is 11.8 Å². The van der Waals surface area contributed by atoms with Gasteiger partial charge in [-0.2, -0.15) is 0 Å². The number of thioether (sulfide) groups is 1. The maximum atomic E-state index is 10.7. The van der Waals surface area contributed by atoms with Crippen molar-refractivity contribution in [1.82, 2.24) is 0 Å². The highest BCUT2D eigenvalue weighted by atomic mass is 35.5. The van der Waals surface area contributed by atoms with Gasteiger partial charge in [-0.05, 0) is 35.9 Å². The van der Waals surface area contributed by atoms with Gasteiger partial charge in [0.15, 0.2) is 0 Å². The van der Waals surface area contributed by atoms with E-state index in [1.165, 1.54) is 0 Å². The second-order valence-corrected chi connectivity index (χ2v) is 5.23. The first-order chi connectivity index (χ1) is 8.65. The molecule has 0 aliphatic rings. The Morgan fingerprint density at radius 3 is 2.50 bits per heavy atom. The van der Waals surface area contributed by atoms with E-state index in [0.29, 0.717) is 5.56 Å². The zero-order valence-electron chi connectivity index (χ0n) is 9.47. The van der Waals surface area contributed by atoms with E-state index in [2.05, 4.69) is 0 Å². The smallest absolute Gasteiger partial charge is 0.335 e. The lowest BCUT2D eigenvalue weighted by Crippen LogP contribution is -1.95. The number of rotatable bonds is 4. The van der Waals surface area contributed by atoms with Crippen molar-refractivity contribution in [2.75, 3.05) is 0 Å². The van der Waals surface area contributed by atoms with Crippen LogP contribution in [0.15, 0.2) is 53.4 Å². The van der Waals surface area contributed by atoms with Crippen molar-refractivity contribution < 1.29 is 9.90 Å². The molecular formula is C14H11ClO2S. The lowest BCUT2D eigenvalue weighted by Gasteiger charge is -2.03. The van der Waals surface area contributed by atoms with E-state index in [1.807, 2.05) is 36.4 Å². The Hall–Kier alpha value is -1.45. The van der Waals surface area contributed by atoms with Crippen LogP contribution in [0.5, 0.6) is 0 Å². The Morgan fingerprint density at radius 1 is 1.17 bits per heavy atom. The van der Waals surface area contributed by atoms with Crippen molar-refractivity contribution in [1.29, 1.82) is 0 Å². The summed E-state index contributed by atoms with van der Waals surface area (Å²) in [6.07, 6.45) is 0. The molecule has 0 amide bonds. The first-order valence-electron chi connectivity index (χ1n) is 5.36. The Balaban J connectivity index is 2.00. The SMILES string of the molecule is O=C(O)c1ccc(CSc2cccc(Cl)c2)cc1. The van der Waals surface area contributed by atoms with Crippen molar-refractivity contribution in [2.45, 2.75) is 10.6 Å². The Morgan fingerprint density at radius 2 is 1.89 bits per heavy atom. The van der Waals surface area contributed by atoms with Gasteiger partial charge in [-0.25, -0.2) is 4.79 Å². The summed E-state index contributed by atoms with van der Waals surface area (Å²) in [5.74, 6) is -0.107. The summed E-state index contributed by atoms with van der Waals surface area (Å²) < 4.78 is 0. The molecule has 4 heteroatoms. The van der Waals surface area contributed by atoms with E-state index in [0.717, 1.165) is 21.2 Å². The average Bonchev–Trinajstić information content (AvgIpc) is 2.37. The number of carboxylic acids is 1. The molecule has 0 heterocycles. The highest BCUT2D eigenvalue weighted by Gasteiger charge is 2.02. The minimum atomic E-state index is -0.899. The Kier molecular flexibility index (Phi) is 4.28. The predicted molar refractivity (Wildman–Crippen MR) is 74.4 cm³/mol. The first kappa shape index (κ1) is 13.0. The molecule has 0 aromatic heterocycles. The molecule has 0 fully saturated rings. The van der Waals surface area contributed by atoms with Gasteiger partial charge in [0.05, 0.1) is 5.56 Å². The number of hydrogen-bond donors (Lipinski definition) is 1. The lowest BCUT2D eigenvalue weighted by molar-refractivity contribution is 0.0697. The molecule has 1 N–H and O–H groups in total. The van der Waals surface area contributed by atoms with Crippen LogP contribution in [0.25, 0.3) is 0 Å². The average molecular weight is 279 g/mol. The van der Waals surface area contributed by atoms with Gasteiger partial charge in [0, 0.05) is 15.7 Å². The second kappa shape index (κ2) is 5.94. The molecule has 0 saturated carbocycles. The van der Waals surface area contributed by atoms with Crippen LogP contribution < -0.4 is 0 Å². The Bertz CT molecular complexity index is 552. The van der Waals surface area contributed by atoms with Crippen molar-refractivity contribution in [2.24, 2.45) is 0 Å². The number of hydrogen-bond acceptors (Lipinski definition) is 2. The normalized spacial score (nSPS) is 10.3. The standard InChI is InChI=1S/C14H11ClO2S/c15-12-2-1-3-13(8-12)18-9-10-4-6-11(7-5-10)14(16)17/h1-8H,9H2,(H,16,17). The van der Waals surface area contributed by atoms with E-state index in [4.69, 9.17) is 16.7 Å². The molecule has 0 radical (unpaired) electrons. The first-order valence-corrected chi connectivity index (χ1v) is 6.72. The van der Waals surface area contributed by atoms with Crippen LogP contribution in [0.4, 0.5) is 0 Å². The molecule has 0 spiro atoms. The number of carbonyl (C=O) groups is 1. The van der Waals surface area contributed by atoms with E-state index in [-0.39, 0.29) is 0 Å². The number of halogens is 1. The van der Waals surface area contributed by atoms with E-state index in [9.17, 15) is 4.79 Å². The van der Waals surface area contributed by atoms with Gasteiger partial charge in [0.2, 0.25) is 0 Å². The lowest BCUT2D eigenvalue weighted by atomic mass is 10.1. The van der Waals surface area contributed by atoms with Crippen LogP contribution in [-0.2, 0) is 5.75 Å². The number of carboxylic acid groups (broad SMARTS) is 1. The highest BCUT2D eigenvalue weighted by Crippen LogP contribution is 2.25. The predicted octanol–water partition coefficient (Wildman–Crippen LogP) is 4.33. The summed E-state index contributed by atoms with van der Waals surface area (Å²) in [4.78, 5) is 11.8. The third-order valence-electron chi connectivity index (χ3n) is 2.40. The third kappa shape index (κ3) is 3.52. The van der Waals surface area contributed by atoms with Crippen LogP contribution in [0.2, 0.25) is 5.02 Å². The fraction of sp³-hybridized carbons (Fsp3) is 0.0714. The quantitative estimate of drug-likeness (QED) is 0.846. The summed E-state index contributed by atoms with van der Waals surface area (Å²) in [7, 11) is 0. The minimum absolute atomic E-state index is 0.312. The maximum absolute atomic E-state index is 10.7. The number of benzene rings is 2. The molecule has 92 valence electrons. The summed E-state index contributed by atoms with van der Waals surface area (Å²) >= 11 is 7.57. The monoisotopic (exact) mass is 278 g/mol. The molecular weight excluding hydrogens is 268 g/mol. The van der Waals surface area contributed by atoms with Crippen LogP contribution in [0, 0.1) is 0 Å².